The standard InChI is InChI=1S/C21H30Cl2N2O3/c1-2-28-14-6-13-25(19(26)15-22)20(16-9-11-17(23)12-10-16)21(27)24-18-7-4-3-5-8-18/h9-12,18,20H,2-8,13-15H2,1H3,(H,24,27)/t20-/m0/s1. The van der Waals surface area contributed by atoms with Crippen molar-refractivity contribution in [2.45, 2.75) is 57.5 Å². The van der Waals surface area contributed by atoms with Crippen LogP contribution in [-0.4, -0.2) is 48.4 Å². The van der Waals surface area contributed by atoms with Gasteiger partial charge in [0.2, 0.25) is 11.8 Å². The number of nitrogens with zero attached hydrogens (tertiary/aromatic N) is 1. The van der Waals surface area contributed by atoms with Crippen molar-refractivity contribution >= 4 is 35.0 Å². The van der Waals surface area contributed by atoms with Gasteiger partial charge < -0.3 is 15.0 Å². The lowest BCUT2D eigenvalue weighted by Crippen LogP contribution is -2.47. The molecule has 0 radical (unpaired) electrons. The van der Waals surface area contributed by atoms with Crippen LogP contribution in [-0.2, 0) is 14.3 Å². The number of carbonyl (C=O) groups excluding carboxylic acids is 2. The molecule has 0 aromatic heterocycles. The van der Waals surface area contributed by atoms with Gasteiger partial charge in [-0.2, -0.15) is 0 Å². The average Bonchev–Trinajstić information content (AvgIpc) is 2.71. The molecule has 2 rings (SSSR count). The van der Waals surface area contributed by atoms with Crippen molar-refractivity contribution in [2.24, 2.45) is 0 Å². The summed E-state index contributed by atoms with van der Waals surface area (Å²) in [7, 11) is 0. The Kier molecular flexibility index (Phi) is 10.1. The Balaban J connectivity index is 2.23. The maximum atomic E-state index is 13.2. The van der Waals surface area contributed by atoms with Crippen molar-refractivity contribution in [1.29, 1.82) is 0 Å². The van der Waals surface area contributed by atoms with E-state index in [0.29, 0.717) is 31.2 Å². The maximum absolute atomic E-state index is 13.2. The van der Waals surface area contributed by atoms with Crippen LogP contribution in [0.3, 0.4) is 0 Å². The van der Waals surface area contributed by atoms with Gasteiger partial charge in [-0.05, 0) is 43.9 Å². The fourth-order valence-electron chi connectivity index (χ4n) is 3.60. The van der Waals surface area contributed by atoms with Crippen LogP contribution in [0.25, 0.3) is 0 Å². The van der Waals surface area contributed by atoms with E-state index in [2.05, 4.69) is 5.32 Å². The van der Waals surface area contributed by atoms with Crippen LogP contribution in [0.2, 0.25) is 5.02 Å². The summed E-state index contributed by atoms with van der Waals surface area (Å²) in [5, 5.41) is 3.74. The van der Waals surface area contributed by atoms with Crippen LogP contribution < -0.4 is 5.32 Å². The highest BCUT2D eigenvalue weighted by Gasteiger charge is 2.32. The van der Waals surface area contributed by atoms with Gasteiger partial charge in [-0.1, -0.05) is 43.0 Å². The molecule has 0 spiro atoms. The molecule has 1 saturated carbocycles. The van der Waals surface area contributed by atoms with Crippen LogP contribution in [0, 0.1) is 0 Å². The molecule has 156 valence electrons. The first-order chi connectivity index (χ1) is 13.6. The Morgan fingerprint density at radius 3 is 2.50 bits per heavy atom. The van der Waals surface area contributed by atoms with E-state index in [9.17, 15) is 9.59 Å². The summed E-state index contributed by atoms with van der Waals surface area (Å²) >= 11 is 11.9. The normalized spacial score (nSPS) is 15.8. The second kappa shape index (κ2) is 12.3. The van der Waals surface area contributed by atoms with E-state index in [4.69, 9.17) is 27.9 Å². The number of hydrogen-bond donors (Lipinski definition) is 1. The second-order valence-corrected chi connectivity index (χ2v) is 7.77. The summed E-state index contributed by atoms with van der Waals surface area (Å²) in [5.74, 6) is -0.601. The Morgan fingerprint density at radius 2 is 1.89 bits per heavy atom. The highest BCUT2D eigenvalue weighted by atomic mass is 35.5. The van der Waals surface area contributed by atoms with Gasteiger partial charge in [-0.3, -0.25) is 9.59 Å². The molecule has 2 amide bonds. The smallest absolute Gasteiger partial charge is 0.247 e. The fraction of sp³-hybridized carbons (Fsp3) is 0.619. The lowest BCUT2D eigenvalue weighted by atomic mass is 9.94. The average molecular weight is 429 g/mol. The van der Waals surface area contributed by atoms with Gasteiger partial charge in [0, 0.05) is 30.8 Å². The van der Waals surface area contributed by atoms with Crippen LogP contribution in [0.1, 0.15) is 57.1 Å². The van der Waals surface area contributed by atoms with Crippen LogP contribution in [0.5, 0.6) is 0 Å². The number of amides is 2. The number of benzene rings is 1. The molecule has 1 aromatic rings. The van der Waals surface area contributed by atoms with E-state index in [1.807, 2.05) is 6.92 Å². The predicted molar refractivity (Wildman–Crippen MR) is 113 cm³/mol. The zero-order chi connectivity index (χ0) is 20.4. The summed E-state index contributed by atoms with van der Waals surface area (Å²) in [6.45, 7) is 3.47. The molecular formula is C21H30Cl2N2O3. The quantitative estimate of drug-likeness (QED) is 0.445. The van der Waals surface area contributed by atoms with Crippen LogP contribution in [0.4, 0.5) is 0 Å². The van der Waals surface area contributed by atoms with E-state index in [1.54, 1.807) is 29.2 Å². The number of nitrogens with one attached hydrogen (secondary N) is 1. The summed E-state index contributed by atoms with van der Waals surface area (Å²) in [5.41, 5.74) is 0.729. The molecule has 28 heavy (non-hydrogen) atoms. The maximum Gasteiger partial charge on any atom is 0.247 e. The number of ether oxygens (including phenoxy) is 1. The van der Waals surface area contributed by atoms with Crippen molar-refractivity contribution < 1.29 is 14.3 Å². The van der Waals surface area contributed by atoms with E-state index in [0.717, 1.165) is 31.2 Å². The van der Waals surface area contributed by atoms with Gasteiger partial charge in [0.1, 0.15) is 11.9 Å². The van der Waals surface area contributed by atoms with Gasteiger partial charge in [-0.25, -0.2) is 0 Å². The van der Waals surface area contributed by atoms with Gasteiger partial charge in [-0.15, -0.1) is 11.6 Å². The fourth-order valence-corrected chi connectivity index (χ4v) is 3.88. The zero-order valence-corrected chi connectivity index (χ0v) is 18.0. The SMILES string of the molecule is CCOCCCN(C(=O)CCl)[C@H](C(=O)NC1CCCCC1)c1ccc(Cl)cc1. The molecule has 1 aliphatic rings. The van der Waals surface area contributed by atoms with Crippen LogP contribution >= 0.6 is 23.2 Å². The van der Waals surface area contributed by atoms with E-state index < -0.39 is 6.04 Å². The Labute approximate surface area is 177 Å². The summed E-state index contributed by atoms with van der Waals surface area (Å²) in [6.07, 6.45) is 6.04. The predicted octanol–water partition coefficient (Wildman–Crippen LogP) is 4.32. The van der Waals surface area contributed by atoms with Gasteiger partial charge in [0.25, 0.3) is 0 Å². The highest BCUT2D eigenvalue weighted by molar-refractivity contribution is 6.30. The molecule has 0 unspecified atom stereocenters. The van der Waals surface area contributed by atoms with E-state index in [1.165, 1.54) is 6.42 Å². The van der Waals surface area contributed by atoms with Gasteiger partial charge in [0.05, 0.1) is 0 Å². The summed E-state index contributed by atoms with van der Waals surface area (Å²) in [6, 6.07) is 6.50. The Hall–Kier alpha value is -1.30. The van der Waals surface area contributed by atoms with Crippen molar-refractivity contribution in [3.8, 4) is 0 Å². The van der Waals surface area contributed by atoms with Gasteiger partial charge in [0.15, 0.2) is 0 Å². The number of rotatable bonds is 10. The third kappa shape index (κ3) is 6.94. The number of hydrogen-bond acceptors (Lipinski definition) is 3. The lowest BCUT2D eigenvalue weighted by molar-refractivity contribution is -0.139. The van der Waals surface area contributed by atoms with E-state index in [-0.39, 0.29) is 23.7 Å². The Morgan fingerprint density at radius 1 is 1.21 bits per heavy atom. The van der Waals surface area contributed by atoms with Crippen molar-refractivity contribution in [3.05, 3.63) is 34.9 Å². The van der Waals surface area contributed by atoms with Crippen molar-refractivity contribution in [1.82, 2.24) is 10.2 Å². The number of alkyl halides is 1. The topological polar surface area (TPSA) is 58.6 Å². The van der Waals surface area contributed by atoms with E-state index >= 15 is 0 Å². The Bertz CT molecular complexity index is 619. The molecule has 1 aliphatic carbocycles. The molecule has 0 heterocycles. The first-order valence-corrected chi connectivity index (χ1v) is 11.0. The minimum Gasteiger partial charge on any atom is -0.382 e. The second-order valence-electron chi connectivity index (χ2n) is 7.07. The number of carbonyl (C=O) groups is 2. The molecule has 1 fully saturated rings. The zero-order valence-electron chi connectivity index (χ0n) is 16.5. The molecule has 0 aliphatic heterocycles. The largest absolute Gasteiger partial charge is 0.382 e. The van der Waals surface area contributed by atoms with Crippen molar-refractivity contribution in [2.75, 3.05) is 25.6 Å². The third-order valence-electron chi connectivity index (χ3n) is 5.02. The number of halogens is 2. The lowest BCUT2D eigenvalue weighted by Gasteiger charge is -2.33. The molecular weight excluding hydrogens is 399 g/mol. The molecule has 1 atom stereocenters. The minimum absolute atomic E-state index is 0.160. The molecule has 0 saturated heterocycles. The third-order valence-corrected chi connectivity index (χ3v) is 5.50. The molecule has 0 bridgehead atoms. The minimum atomic E-state index is -0.730. The van der Waals surface area contributed by atoms with Crippen molar-refractivity contribution in [3.63, 3.8) is 0 Å². The molecule has 7 heteroatoms. The van der Waals surface area contributed by atoms with Gasteiger partial charge >= 0.3 is 0 Å². The highest BCUT2D eigenvalue weighted by Crippen LogP contribution is 2.26. The molecule has 1 N–H and O–H groups in total. The summed E-state index contributed by atoms with van der Waals surface area (Å²) in [4.78, 5) is 27.4. The molecule has 1 aromatic carbocycles. The van der Waals surface area contributed by atoms with Crippen LogP contribution in [0.15, 0.2) is 24.3 Å². The first-order valence-electron chi connectivity index (χ1n) is 10.1. The molecule has 5 nitrogen and oxygen atoms in total. The first kappa shape index (κ1) is 23.0. The summed E-state index contributed by atoms with van der Waals surface area (Å²) < 4.78 is 5.39. The monoisotopic (exact) mass is 428 g/mol.